The molecule has 0 aliphatic rings. The number of aliphatic imine (C=N–C) groups is 1. The summed E-state index contributed by atoms with van der Waals surface area (Å²) in [6, 6.07) is 0. The number of hydrogen-bond acceptors (Lipinski definition) is 8. The van der Waals surface area contributed by atoms with Gasteiger partial charge in [-0.15, -0.1) is 0 Å². The highest BCUT2D eigenvalue weighted by Crippen LogP contribution is 2.14. The summed E-state index contributed by atoms with van der Waals surface area (Å²) >= 11 is 0. The van der Waals surface area contributed by atoms with E-state index in [0.29, 0.717) is 26.2 Å². The molecular formula is C24H42F9N7O8. The van der Waals surface area contributed by atoms with E-state index in [1.165, 1.54) is 0 Å². The average molecular weight is 728 g/mol. The zero-order valence-electron chi connectivity index (χ0n) is 25.6. The Bertz CT molecular complexity index is 889. The summed E-state index contributed by atoms with van der Waals surface area (Å²) < 4.78 is 95.2. The summed E-state index contributed by atoms with van der Waals surface area (Å²) in [4.78, 5) is 53.9. The van der Waals surface area contributed by atoms with Gasteiger partial charge in [0.15, 0.2) is 5.96 Å². The number of carbonyl (C=O) groups excluding carboxylic acids is 2. The van der Waals surface area contributed by atoms with Gasteiger partial charge < -0.3 is 48.5 Å². The third kappa shape index (κ3) is 41.9. The summed E-state index contributed by atoms with van der Waals surface area (Å²) in [6.07, 6.45) is -6.28. The molecule has 0 spiro atoms. The normalized spacial score (nSPS) is 10.8. The van der Waals surface area contributed by atoms with Gasteiger partial charge >= 0.3 is 48.3 Å². The smallest absolute Gasteiger partial charge is 0.475 e. The predicted octanol–water partition coefficient (Wildman–Crippen LogP) is 1.45. The molecule has 2 amide bonds. The number of carbonyl (C=O) groups is 5. The molecule has 0 aromatic carbocycles. The van der Waals surface area contributed by atoms with Crippen LogP contribution in [-0.2, 0) is 24.0 Å². The van der Waals surface area contributed by atoms with E-state index in [1.54, 1.807) is 0 Å². The van der Waals surface area contributed by atoms with Crippen molar-refractivity contribution in [2.24, 2.45) is 22.2 Å². The number of nitrogens with two attached hydrogens (primary N) is 3. The Kier molecular flexibility index (Phi) is 30.8. The van der Waals surface area contributed by atoms with Gasteiger partial charge in [-0.05, 0) is 51.7 Å². The second-order valence-corrected chi connectivity index (χ2v) is 8.95. The maximum Gasteiger partial charge on any atom is 0.490 e. The largest absolute Gasteiger partial charge is 0.490 e. The van der Waals surface area contributed by atoms with Crippen LogP contribution in [0.2, 0.25) is 0 Å². The van der Waals surface area contributed by atoms with Gasteiger partial charge in [0.25, 0.3) is 0 Å². The second kappa shape index (κ2) is 29.1. The number of carboxylic acid groups (broad SMARTS) is 3. The van der Waals surface area contributed by atoms with Crippen LogP contribution in [0.25, 0.3) is 0 Å². The molecular weight excluding hydrogens is 685 g/mol. The average Bonchev–Trinajstić information content (AvgIpc) is 2.94. The fraction of sp³-hybridized carbons (Fsp3) is 0.750. The lowest BCUT2D eigenvalue weighted by molar-refractivity contribution is -0.193. The molecule has 0 saturated carbocycles. The van der Waals surface area contributed by atoms with Crippen molar-refractivity contribution in [2.75, 3.05) is 39.3 Å². The highest BCUT2D eigenvalue weighted by molar-refractivity contribution is 6.35. The molecule has 0 radical (unpaired) electrons. The van der Waals surface area contributed by atoms with Gasteiger partial charge in [-0.25, -0.2) is 14.4 Å². The standard InChI is InChI=1S/C18H39N7O2.3C2HF3O2/c19-10-9-12-22-11-7-8-14-24-17(27)16(26)23-13-5-3-1-2-4-6-15-25-18(20)21;3*3-2(4,5)1(6)7/h22H,1-15,19H2,(H,23,26)(H,24,27)(H4,20,21,25);3*(H,6,7). The van der Waals surface area contributed by atoms with Crippen LogP contribution in [-0.4, -0.2) is 109 Å². The Morgan fingerprint density at radius 3 is 1.15 bits per heavy atom. The van der Waals surface area contributed by atoms with E-state index in [2.05, 4.69) is 20.9 Å². The molecule has 0 aromatic heterocycles. The number of carboxylic acids is 3. The molecule has 12 N–H and O–H groups in total. The number of nitrogens with zero attached hydrogens (tertiary/aromatic N) is 1. The summed E-state index contributed by atoms with van der Waals surface area (Å²) in [5.41, 5.74) is 15.9. The first kappa shape index (κ1) is 50.8. The van der Waals surface area contributed by atoms with Gasteiger partial charge in [0.05, 0.1) is 0 Å². The summed E-state index contributed by atoms with van der Waals surface area (Å²) in [5.74, 6) is -9.23. The molecule has 0 heterocycles. The third-order valence-electron chi connectivity index (χ3n) is 4.72. The lowest BCUT2D eigenvalue weighted by Crippen LogP contribution is -2.40. The zero-order chi connectivity index (χ0) is 38.4. The van der Waals surface area contributed by atoms with Crippen LogP contribution < -0.4 is 33.2 Å². The minimum atomic E-state index is -5.08. The Balaban J connectivity index is -0.000000369. The Morgan fingerprint density at radius 2 is 0.812 bits per heavy atom. The first-order chi connectivity index (χ1) is 21.9. The van der Waals surface area contributed by atoms with Crippen LogP contribution in [0.4, 0.5) is 39.5 Å². The number of amides is 2. The van der Waals surface area contributed by atoms with Crippen molar-refractivity contribution in [2.45, 2.75) is 76.3 Å². The van der Waals surface area contributed by atoms with Crippen LogP contribution in [0, 0.1) is 0 Å². The lowest BCUT2D eigenvalue weighted by atomic mass is 10.1. The highest BCUT2D eigenvalue weighted by Gasteiger charge is 2.39. The lowest BCUT2D eigenvalue weighted by Gasteiger charge is -2.07. The number of alkyl halides is 9. The summed E-state index contributed by atoms with van der Waals surface area (Å²) in [6.45, 7) is 4.24. The van der Waals surface area contributed by atoms with Gasteiger partial charge in [-0.2, -0.15) is 39.5 Å². The molecule has 24 heteroatoms. The first-order valence-electron chi connectivity index (χ1n) is 13.8. The monoisotopic (exact) mass is 727 g/mol. The van der Waals surface area contributed by atoms with Crippen molar-refractivity contribution in [3.05, 3.63) is 0 Å². The molecule has 284 valence electrons. The van der Waals surface area contributed by atoms with Crippen LogP contribution in [0.5, 0.6) is 0 Å². The minimum Gasteiger partial charge on any atom is -0.475 e. The predicted molar refractivity (Wildman–Crippen MR) is 151 cm³/mol. The zero-order valence-corrected chi connectivity index (χ0v) is 25.6. The number of nitrogens with one attached hydrogen (secondary N) is 3. The van der Waals surface area contributed by atoms with E-state index in [9.17, 15) is 49.1 Å². The molecule has 0 unspecified atom stereocenters. The summed E-state index contributed by atoms with van der Waals surface area (Å²) in [5, 5.41) is 30.0. The van der Waals surface area contributed by atoms with Crippen LogP contribution in [0.3, 0.4) is 0 Å². The number of aliphatic carboxylic acids is 3. The topological polar surface area (TPSA) is 273 Å². The SMILES string of the molecule is NCCCNCCCCNC(=O)C(=O)NCCCCCCCCN=C(N)N.O=C(O)C(F)(F)F.O=C(O)C(F)(F)F.O=C(O)C(F)(F)F. The van der Waals surface area contributed by atoms with Gasteiger partial charge in [0, 0.05) is 19.6 Å². The van der Waals surface area contributed by atoms with Crippen molar-refractivity contribution in [3.8, 4) is 0 Å². The molecule has 0 rings (SSSR count). The van der Waals surface area contributed by atoms with Crippen molar-refractivity contribution in [1.82, 2.24) is 16.0 Å². The van der Waals surface area contributed by atoms with E-state index in [-0.39, 0.29) is 5.96 Å². The van der Waals surface area contributed by atoms with Crippen LogP contribution >= 0.6 is 0 Å². The van der Waals surface area contributed by atoms with E-state index >= 15 is 0 Å². The molecule has 48 heavy (non-hydrogen) atoms. The number of halogens is 9. The second-order valence-electron chi connectivity index (χ2n) is 8.95. The van der Waals surface area contributed by atoms with Gasteiger partial charge in [-0.3, -0.25) is 14.6 Å². The number of rotatable bonds is 17. The molecule has 0 aliphatic heterocycles. The fourth-order valence-corrected chi connectivity index (χ4v) is 2.44. The first-order valence-corrected chi connectivity index (χ1v) is 13.8. The molecule has 0 atom stereocenters. The van der Waals surface area contributed by atoms with Crippen LogP contribution in [0.15, 0.2) is 4.99 Å². The molecule has 0 bridgehead atoms. The molecule has 0 saturated heterocycles. The van der Waals surface area contributed by atoms with E-state index in [4.69, 9.17) is 46.9 Å². The highest BCUT2D eigenvalue weighted by atomic mass is 19.4. The van der Waals surface area contributed by atoms with Gasteiger partial charge in [0.1, 0.15) is 0 Å². The minimum absolute atomic E-state index is 0.144. The van der Waals surface area contributed by atoms with E-state index in [1.807, 2.05) is 0 Å². The van der Waals surface area contributed by atoms with Crippen molar-refractivity contribution >= 4 is 35.7 Å². The molecule has 0 fully saturated rings. The maximum absolute atomic E-state index is 11.7. The quantitative estimate of drug-likeness (QED) is 0.0339. The third-order valence-corrected chi connectivity index (χ3v) is 4.72. The molecule has 0 aliphatic carbocycles. The van der Waals surface area contributed by atoms with Crippen molar-refractivity contribution in [1.29, 1.82) is 0 Å². The Labute approximate surface area is 268 Å². The van der Waals surface area contributed by atoms with Crippen molar-refractivity contribution < 1.29 is 78.8 Å². The molecule has 0 aromatic rings. The van der Waals surface area contributed by atoms with Gasteiger partial charge in [-0.1, -0.05) is 25.7 Å². The Morgan fingerprint density at radius 1 is 0.521 bits per heavy atom. The number of unbranched alkanes of at least 4 members (excludes halogenated alkanes) is 6. The molecule has 15 nitrogen and oxygen atoms in total. The Hall–Kier alpha value is -4.09. The maximum atomic E-state index is 11.7. The van der Waals surface area contributed by atoms with E-state index < -0.39 is 48.3 Å². The van der Waals surface area contributed by atoms with Crippen LogP contribution in [0.1, 0.15) is 57.8 Å². The van der Waals surface area contributed by atoms with Crippen molar-refractivity contribution in [3.63, 3.8) is 0 Å². The number of guanidine groups is 1. The fourth-order valence-electron chi connectivity index (χ4n) is 2.44. The summed E-state index contributed by atoms with van der Waals surface area (Å²) in [7, 11) is 0. The number of hydrogen-bond donors (Lipinski definition) is 9. The van der Waals surface area contributed by atoms with E-state index in [0.717, 1.165) is 70.9 Å². The van der Waals surface area contributed by atoms with Gasteiger partial charge in [0.2, 0.25) is 0 Å².